The molecule has 0 unspecified atom stereocenters. The molecule has 0 aliphatic carbocycles. The zero-order valence-electron chi connectivity index (χ0n) is 11.9. The molecule has 0 saturated heterocycles. The zero-order valence-corrected chi connectivity index (χ0v) is 16.4. The van der Waals surface area contributed by atoms with Gasteiger partial charge in [0.15, 0.2) is 0 Å². The van der Waals surface area contributed by atoms with E-state index < -0.39 is 0 Å². The van der Waals surface area contributed by atoms with E-state index >= 15 is 0 Å². The minimum atomic E-state index is 0. The minimum absolute atomic E-state index is 0. The molecule has 2 aromatic carbocycles. The summed E-state index contributed by atoms with van der Waals surface area (Å²) in [6, 6.07) is 14.3. The molecule has 2 heterocycles. The Morgan fingerprint density at radius 1 is 1.00 bits per heavy atom. The molecule has 22 heavy (non-hydrogen) atoms. The monoisotopic (exact) mass is 432 g/mol. The van der Waals surface area contributed by atoms with Gasteiger partial charge in [0.25, 0.3) is 0 Å². The van der Waals surface area contributed by atoms with Gasteiger partial charge >= 0.3 is 0 Å². The first-order valence-corrected chi connectivity index (χ1v) is 7.30. The maximum atomic E-state index is 4.36. The topological polar surface area (TPSA) is 54.5 Å². The van der Waals surface area contributed by atoms with Crippen LogP contribution in [0.4, 0.5) is 0 Å². The Labute approximate surface area is 165 Å². The van der Waals surface area contributed by atoms with Crippen molar-refractivity contribution in [3.63, 3.8) is 0 Å². The van der Waals surface area contributed by atoms with Crippen LogP contribution in [0, 0.1) is 54.5 Å². The van der Waals surface area contributed by atoms with Crippen molar-refractivity contribution < 1.29 is 41.3 Å². The Balaban J connectivity index is 0.00000144. The number of aryl methyl sites for hydroxylation is 1. The summed E-state index contributed by atoms with van der Waals surface area (Å²) in [5.41, 5.74) is 7.01. The second-order valence-electron chi connectivity index (χ2n) is 4.91. The summed E-state index contributed by atoms with van der Waals surface area (Å²) in [5.74, 6) is 0. The van der Waals surface area contributed by atoms with Crippen LogP contribution in [0.25, 0.3) is 33.5 Å². The summed E-state index contributed by atoms with van der Waals surface area (Å²) in [7, 11) is 0. The van der Waals surface area contributed by atoms with Crippen LogP contribution in [-0.2, 0) is 0 Å². The molecule has 4 rings (SSSR count). The van der Waals surface area contributed by atoms with Gasteiger partial charge in [0.2, 0.25) is 0 Å². The zero-order chi connectivity index (χ0) is 14.2. The fraction of sp³-hybridized carbons (Fsp3) is 0.0625. The van der Waals surface area contributed by atoms with Crippen LogP contribution in [-0.4, -0.2) is 18.7 Å². The van der Waals surface area contributed by atoms with E-state index in [0.717, 1.165) is 33.5 Å². The summed E-state index contributed by atoms with van der Waals surface area (Å²) in [5, 5.41) is 0. The first-order valence-electron chi connectivity index (χ1n) is 6.57. The van der Waals surface area contributed by atoms with E-state index in [1.54, 1.807) is 0 Å². The van der Waals surface area contributed by atoms with E-state index in [1.165, 1.54) is 17.3 Å². The normalized spacial score (nSPS) is 10.6. The number of aromatic amines is 1. The van der Waals surface area contributed by atoms with Crippen LogP contribution >= 0.6 is 11.7 Å². The molecule has 0 saturated carbocycles. The Morgan fingerprint density at radius 3 is 2.73 bits per heavy atom. The smallest absolute Gasteiger partial charge is 0.104 e. The first kappa shape index (κ1) is 15.7. The molecule has 4 nitrogen and oxygen atoms in total. The molecule has 6 heteroatoms. The van der Waals surface area contributed by atoms with Crippen molar-refractivity contribution in [1.82, 2.24) is 18.7 Å². The largest absolute Gasteiger partial charge is 0.460 e. The standard InChI is InChI=1S/C16H11N4S.Pr/c1-10-3-2-4-11(7-10)15-16(18-9-17-15)12-5-6-13-14(8-12)20-21-19-13;/h2-8H,1H3,(H,17,18);/q-1;. The van der Waals surface area contributed by atoms with Crippen molar-refractivity contribution in [1.29, 1.82) is 0 Å². The van der Waals surface area contributed by atoms with Crippen LogP contribution in [0.15, 0.2) is 42.5 Å². The number of H-pyrrole nitrogens is 1. The van der Waals surface area contributed by atoms with Gasteiger partial charge < -0.3 is 9.97 Å². The minimum Gasteiger partial charge on any atom is -0.460 e. The molecule has 0 amide bonds. The quantitative estimate of drug-likeness (QED) is 0.490. The van der Waals surface area contributed by atoms with Crippen LogP contribution < -0.4 is 0 Å². The van der Waals surface area contributed by atoms with Gasteiger partial charge in [-0.1, -0.05) is 58.4 Å². The van der Waals surface area contributed by atoms with Gasteiger partial charge in [-0.15, -0.1) is 0 Å². The molecule has 1 N–H and O–H groups in total. The van der Waals surface area contributed by atoms with E-state index in [2.05, 4.69) is 50.2 Å². The Bertz CT molecular complexity index is 928. The fourth-order valence-electron chi connectivity index (χ4n) is 2.40. The van der Waals surface area contributed by atoms with Gasteiger partial charge in [0.1, 0.15) is 11.0 Å². The number of benzene rings is 2. The van der Waals surface area contributed by atoms with Gasteiger partial charge in [-0.2, -0.15) is 8.75 Å². The summed E-state index contributed by atoms with van der Waals surface area (Å²) in [6.45, 7) is 2.08. The van der Waals surface area contributed by atoms with E-state index in [9.17, 15) is 0 Å². The summed E-state index contributed by atoms with van der Waals surface area (Å²) < 4.78 is 8.52. The average Bonchev–Trinajstić information content (AvgIpc) is 3.15. The molecular weight excluding hydrogens is 421 g/mol. The molecule has 0 aliphatic heterocycles. The summed E-state index contributed by atoms with van der Waals surface area (Å²) >= 11 is 1.23. The van der Waals surface area contributed by atoms with Crippen molar-refractivity contribution in [2.75, 3.05) is 0 Å². The number of fused-ring (bicyclic) bond motifs is 1. The molecule has 0 aliphatic rings. The van der Waals surface area contributed by atoms with Crippen molar-refractivity contribution in [3.8, 4) is 22.5 Å². The van der Waals surface area contributed by atoms with Gasteiger partial charge in [0, 0.05) is 41.3 Å². The molecule has 0 fully saturated rings. The van der Waals surface area contributed by atoms with Gasteiger partial charge in [0.05, 0.1) is 11.7 Å². The van der Waals surface area contributed by atoms with E-state index in [-0.39, 0.29) is 41.3 Å². The molecule has 0 atom stereocenters. The fourth-order valence-corrected chi connectivity index (χ4v) is 2.92. The van der Waals surface area contributed by atoms with Crippen LogP contribution in [0.3, 0.4) is 0 Å². The predicted octanol–water partition coefficient (Wildman–Crippen LogP) is 3.86. The number of hydrogen-bond donors (Lipinski definition) is 1. The van der Waals surface area contributed by atoms with Crippen LogP contribution in [0.1, 0.15) is 5.56 Å². The third kappa shape index (κ3) is 2.85. The van der Waals surface area contributed by atoms with Gasteiger partial charge in [-0.25, -0.2) is 0 Å². The number of hydrogen-bond acceptors (Lipinski definition) is 4. The SMILES string of the molecule is Cc1cccc(-c2[nH][c-]nc2-c2ccc3nsnc3c2)c1.[Pr]. The number of nitrogens with zero attached hydrogens (tertiary/aromatic N) is 3. The predicted molar refractivity (Wildman–Crippen MR) is 84.0 cm³/mol. The van der Waals surface area contributed by atoms with Crippen molar-refractivity contribution in [3.05, 3.63) is 54.4 Å². The average molecular weight is 432 g/mol. The summed E-state index contributed by atoms with van der Waals surface area (Å²) in [4.78, 5) is 7.48. The van der Waals surface area contributed by atoms with Gasteiger partial charge in [-0.3, -0.25) is 0 Å². The molecule has 1 radical (unpaired) electrons. The number of imidazole rings is 1. The molecule has 105 valence electrons. The van der Waals surface area contributed by atoms with E-state index in [4.69, 9.17) is 0 Å². The van der Waals surface area contributed by atoms with Gasteiger partial charge in [-0.05, 0) is 25.4 Å². The van der Waals surface area contributed by atoms with Crippen LogP contribution in [0.5, 0.6) is 0 Å². The third-order valence-electron chi connectivity index (χ3n) is 3.42. The Morgan fingerprint density at radius 2 is 1.86 bits per heavy atom. The summed E-state index contributed by atoms with van der Waals surface area (Å²) in [6.07, 6.45) is 2.85. The number of nitrogens with one attached hydrogen (secondary N) is 1. The van der Waals surface area contributed by atoms with E-state index in [0.29, 0.717) is 0 Å². The Hall–Kier alpha value is -1.17. The first-order chi connectivity index (χ1) is 10.3. The molecule has 2 aromatic heterocycles. The van der Waals surface area contributed by atoms with Crippen LogP contribution in [0.2, 0.25) is 0 Å². The van der Waals surface area contributed by atoms with E-state index in [1.807, 2.05) is 24.3 Å². The molecule has 0 spiro atoms. The van der Waals surface area contributed by atoms with Crippen molar-refractivity contribution >= 4 is 22.8 Å². The van der Waals surface area contributed by atoms with Crippen molar-refractivity contribution in [2.24, 2.45) is 0 Å². The molecule has 0 bridgehead atoms. The maximum absolute atomic E-state index is 4.36. The second-order valence-corrected chi connectivity index (χ2v) is 5.44. The van der Waals surface area contributed by atoms with Crippen molar-refractivity contribution in [2.45, 2.75) is 6.92 Å². The maximum Gasteiger partial charge on any atom is 0.104 e. The third-order valence-corrected chi connectivity index (χ3v) is 3.98. The molecular formula is C16H11N4PrS-. The number of aromatic nitrogens is 4. The Kier molecular flexibility index (Phi) is 4.66. The molecule has 4 aromatic rings. The second kappa shape index (κ2) is 6.53. The number of rotatable bonds is 2.